The van der Waals surface area contributed by atoms with Crippen LogP contribution in [0.2, 0.25) is 0 Å². The van der Waals surface area contributed by atoms with Crippen molar-refractivity contribution in [3.63, 3.8) is 0 Å². The van der Waals surface area contributed by atoms with E-state index in [1.807, 2.05) is 31.2 Å². The molecule has 1 aliphatic carbocycles. The quantitative estimate of drug-likeness (QED) is 0.719. The van der Waals surface area contributed by atoms with E-state index in [0.717, 1.165) is 7.11 Å². The van der Waals surface area contributed by atoms with E-state index in [1.54, 1.807) is 0 Å². The lowest BCUT2D eigenvalue weighted by atomic mass is 9.89. The first-order valence-corrected chi connectivity index (χ1v) is 6.06. The molecule has 0 radical (unpaired) electrons. The standard InChI is InChI=1S/C13H13N3O4/c1-13-6-4-3-5-7(13)14-12-15-8(11(19)20-2)9(17)10(18)16(12)13/h3-7,17H,1-2H3,(H,14,15). The zero-order valence-electron chi connectivity index (χ0n) is 11.0. The topological polar surface area (TPSA) is 93.5 Å². The van der Waals surface area contributed by atoms with E-state index in [0.29, 0.717) is 0 Å². The van der Waals surface area contributed by atoms with Crippen LogP contribution in [0.1, 0.15) is 17.4 Å². The number of nitrogens with zero attached hydrogens (tertiary/aromatic N) is 2. The Balaban J connectivity index is 2.26. The minimum atomic E-state index is -0.851. The summed E-state index contributed by atoms with van der Waals surface area (Å²) < 4.78 is 5.86. The lowest BCUT2D eigenvalue weighted by Gasteiger charge is -2.28. The van der Waals surface area contributed by atoms with Crippen molar-refractivity contribution in [1.29, 1.82) is 0 Å². The molecule has 2 unspecified atom stereocenters. The third kappa shape index (κ3) is 1.43. The van der Waals surface area contributed by atoms with E-state index in [1.165, 1.54) is 4.57 Å². The monoisotopic (exact) mass is 275 g/mol. The van der Waals surface area contributed by atoms with Crippen LogP contribution in [-0.2, 0) is 10.3 Å². The fourth-order valence-corrected chi connectivity index (χ4v) is 2.57. The smallest absolute Gasteiger partial charge is 0.360 e. The van der Waals surface area contributed by atoms with Crippen LogP contribution in [0.4, 0.5) is 5.95 Å². The van der Waals surface area contributed by atoms with E-state index in [2.05, 4.69) is 15.0 Å². The summed E-state index contributed by atoms with van der Waals surface area (Å²) in [5.41, 5.74) is -1.72. The molecule has 2 heterocycles. The molecule has 7 heteroatoms. The molecular weight excluding hydrogens is 262 g/mol. The highest BCUT2D eigenvalue weighted by Crippen LogP contribution is 2.36. The molecule has 0 amide bonds. The lowest BCUT2D eigenvalue weighted by Crippen LogP contribution is -2.42. The molecule has 104 valence electrons. The van der Waals surface area contributed by atoms with Crippen LogP contribution in [0, 0.1) is 0 Å². The Morgan fingerprint density at radius 1 is 1.55 bits per heavy atom. The summed E-state index contributed by atoms with van der Waals surface area (Å²) in [6.07, 6.45) is 7.42. The molecule has 2 atom stereocenters. The molecular formula is C13H13N3O4. The number of anilines is 1. The molecule has 0 saturated carbocycles. The Kier molecular flexibility index (Phi) is 2.47. The van der Waals surface area contributed by atoms with Crippen molar-refractivity contribution in [2.24, 2.45) is 0 Å². The summed E-state index contributed by atoms with van der Waals surface area (Å²) in [5.74, 6) is -1.32. The van der Waals surface area contributed by atoms with E-state index in [9.17, 15) is 14.7 Å². The van der Waals surface area contributed by atoms with Crippen LogP contribution in [0.3, 0.4) is 0 Å². The average molecular weight is 275 g/mol. The van der Waals surface area contributed by atoms with Crippen molar-refractivity contribution in [3.8, 4) is 5.75 Å². The third-order valence-corrected chi connectivity index (χ3v) is 3.68. The van der Waals surface area contributed by atoms with Gasteiger partial charge in [0.2, 0.25) is 11.7 Å². The molecule has 2 aliphatic rings. The third-order valence-electron chi connectivity index (χ3n) is 3.68. The normalized spacial score (nSPS) is 25.8. The molecule has 20 heavy (non-hydrogen) atoms. The van der Waals surface area contributed by atoms with Gasteiger partial charge in [0.1, 0.15) is 0 Å². The number of nitrogens with one attached hydrogen (secondary N) is 1. The predicted octanol–water partition coefficient (Wildman–Crippen LogP) is 0.371. The van der Waals surface area contributed by atoms with Gasteiger partial charge in [0.25, 0.3) is 5.56 Å². The van der Waals surface area contributed by atoms with E-state index in [4.69, 9.17) is 0 Å². The SMILES string of the molecule is COC(=O)c1nc2n(c(=O)c1O)C1(C)C=CC=CC1N2. The molecule has 0 aromatic carbocycles. The van der Waals surface area contributed by atoms with Gasteiger partial charge in [-0.15, -0.1) is 0 Å². The van der Waals surface area contributed by atoms with Crippen molar-refractivity contribution in [2.75, 3.05) is 12.4 Å². The summed E-state index contributed by atoms with van der Waals surface area (Å²) in [4.78, 5) is 27.9. The highest BCUT2D eigenvalue weighted by molar-refractivity contribution is 5.90. The van der Waals surface area contributed by atoms with Crippen LogP contribution < -0.4 is 10.9 Å². The van der Waals surface area contributed by atoms with Gasteiger partial charge in [0.05, 0.1) is 18.7 Å². The second kappa shape index (κ2) is 3.96. The van der Waals surface area contributed by atoms with Gasteiger partial charge in [-0.25, -0.2) is 9.78 Å². The van der Waals surface area contributed by atoms with Gasteiger partial charge in [-0.05, 0) is 6.92 Å². The minimum Gasteiger partial charge on any atom is -0.501 e. The van der Waals surface area contributed by atoms with Crippen LogP contribution in [0.25, 0.3) is 0 Å². The number of aromatic hydroxyl groups is 1. The number of hydrogen-bond acceptors (Lipinski definition) is 6. The summed E-state index contributed by atoms with van der Waals surface area (Å²) in [7, 11) is 1.16. The molecule has 2 N–H and O–H groups in total. The summed E-state index contributed by atoms with van der Waals surface area (Å²) >= 11 is 0. The number of rotatable bonds is 1. The first-order valence-electron chi connectivity index (χ1n) is 6.06. The Morgan fingerprint density at radius 3 is 3.00 bits per heavy atom. The summed E-state index contributed by atoms with van der Waals surface area (Å²) in [5, 5.41) is 13.0. The average Bonchev–Trinajstić information content (AvgIpc) is 2.74. The lowest BCUT2D eigenvalue weighted by molar-refractivity contribution is 0.0589. The molecule has 0 spiro atoms. The number of allylic oxidation sites excluding steroid dienone is 2. The van der Waals surface area contributed by atoms with Crippen molar-refractivity contribution < 1.29 is 14.6 Å². The van der Waals surface area contributed by atoms with E-state index in [-0.39, 0.29) is 17.7 Å². The summed E-state index contributed by atoms with van der Waals surface area (Å²) in [6, 6.07) is -0.167. The zero-order chi connectivity index (χ0) is 14.5. The Hall–Kier alpha value is -2.57. The second-order valence-corrected chi connectivity index (χ2v) is 4.86. The highest BCUT2D eigenvalue weighted by atomic mass is 16.5. The zero-order valence-corrected chi connectivity index (χ0v) is 11.0. The van der Waals surface area contributed by atoms with Gasteiger partial charge in [0.15, 0.2) is 5.69 Å². The highest BCUT2D eigenvalue weighted by Gasteiger charge is 2.43. The summed E-state index contributed by atoms with van der Waals surface area (Å²) in [6.45, 7) is 1.85. The van der Waals surface area contributed by atoms with Gasteiger partial charge in [-0.3, -0.25) is 9.36 Å². The minimum absolute atomic E-state index is 0.167. The van der Waals surface area contributed by atoms with Crippen molar-refractivity contribution in [1.82, 2.24) is 9.55 Å². The number of hydrogen-bond donors (Lipinski definition) is 2. The van der Waals surface area contributed by atoms with Gasteiger partial charge >= 0.3 is 5.97 Å². The van der Waals surface area contributed by atoms with Crippen LogP contribution in [0.5, 0.6) is 5.75 Å². The number of ether oxygens (including phenoxy) is 1. The van der Waals surface area contributed by atoms with Gasteiger partial charge in [-0.2, -0.15) is 0 Å². The van der Waals surface area contributed by atoms with Gasteiger partial charge in [-0.1, -0.05) is 24.3 Å². The van der Waals surface area contributed by atoms with Crippen molar-refractivity contribution in [3.05, 3.63) is 40.4 Å². The molecule has 1 aliphatic heterocycles. The molecule has 7 nitrogen and oxygen atoms in total. The van der Waals surface area contributed by atoms with E-state index >= 15 is 0 Å². The maximum absolute atomic E-state index is 12.3. The number of fused-ring (bicyclic) bond motifs is 3. The fourth-order valence-electron chi connectivity index (χ4n) is 2.57. The number of aromatic nitrogens is 2. The Labute approximate surface area is 114 Å². The fraction of sp³-hybridized carbons (Fsp3) is 0.308. The number of carbonyl (C=O) groups excluding carboxylic acids is 1. The number of methoxy groups -OCH3 is 1. The first kappa shape index (κ1) is 12.5. The molecule has 1 aromatic rings. The van der Waals surface area contributed by atoms with E-state index < -0.39 is 22.8 Å². The molecule has 0 fully saturated rings. The van der Waals surface area contributed by atoms with Crippen molar-refractivity contribution >= 4 is 11.9 Å². The van der Waals surface area contributed by atoms with Crippen LogP contribution in [0.15, 0.2) is 29.1 Å². The Bertz CT molecular complexity index is 719. The predicted molar refractivity (Wildman–Crippen MR) is 70.8 cm³/mol. The maximum Gasteiger partial charge on any atom is 0.360 e. The Morgan fingerprint density at radius 2 is 2.30 bits per heavy atom. The maximum atomic E-state index is 12.3. The van der Waals surface area contributed by atoms with Crippen LogP contribution >= 0.6 is 0 Å². The van der Waals surface area contributed by atoms with Gasteiger partial charge < -0.3 is 15.2 Å². The largest absolute Gasteiger partial charge is 0.501 e. The van der Waals surface area contributed by atoms with Gasteiger partial charge in [0, 0.05) is 0 Å². The molecule has 0 bridgehead atoms. The van der Waals surface area contributed by atoms with Crippen LogP contribution in [-0.4, -0.2) is 33.8 Å². The number of carbonyl (C=O) groups is 1. The van der Waals surface area contributed by atoms with Crippen molar-refractivity contribution in [2.45, 2.75) is 18.5 Å². The molecule has 0 saturated heterocycles. The molecule has 3 rings (SSSR count). The second-order valence-electron chi connectivity index (χ2n) is 4.86. The molecule has 1 aromatic heterocycles. The first-order chi connectivity index (χ1) is 9.49. The number of esters is 1.